The topological polar surface area (TPSA) is 114 Å². The van der Waals surface area contributed by atoms with Crippen LogP contribution in [0.3, 0.4) is 0 Å². The number of anilines is 1. The third-order valence-corrected chi connectivity index (χ3v) is 5.65. The number of carbonyl (C=O) groups is 4. The molecule has 8 nitrogen and oxygen atoms in total. The van der Waals surface area contributed by atoms with E-state index in [-0.39, 0.29) is 23.4 Å². The average molecular weight is 511 g/mol. The van der Waals surface area contributed by atoms with Crippen molar-refractivity contribution in [2.75, 3.05) is 11.9 Å². The van der Waals surface area contributed by atoms with Gasteiger partial charge in [0.05, 0.1) is 17.0 Å². The van der Waals surface area contributed by atoms with Crippen molar-refractivity contribution < 1.29 is 23.9 Å². The molecule has 10 heteroatoms. The summed E-state index contributed by atoms with van der Waals surface area (Å²) in [5.74, 6) is -2.39. The van der Waals surface area contributed by atoms with E-state index in [9.17, 15) is 19.2 Å². The summed E-state index contributed by atoms with van der Waals surface area (Å²) in [5, 5.41) is 2.89. The van der Waals surface area contributed by atoms with Crippen molar-refractivity contribution >= 4 is 56.9 Å². The van der Waals surface area contributed by atoms with Crippen molar-refractivity contribution in [2.45, 2.75) is 26.7 Å². The van der Waals surface area contributed by atoms with Gasteiger partial charge < -0.3 is 10.1 Å². The summed E-state index contributed by atoms with van der Waals surface area (Å²) in [5.41, 5.74) is 7.11. The molecular formula is C21H21BrClN3O5. The van der Waals surface area contributed by atoms with Crippen LogP contribution in [0.15, 0.2) is 40.9 Å². The van der Waals surface area contributed by atoms with Gasteiger partial charge in [0.2, 0.25) is 5.91 Å². The summed E-state index contributed by atoms with van der Waals surface area (Å²) < 4.78 is 5.83. The molecule has 0 atom stereocenters. The van der Waals surface area contributed by atoms with Crippen molar-refractivity contribution in [3.63, 3.8) is 0 Å². The minimum Gasteiger partial charge on any atom is -0.456 e. The molecule has 3 N–H and O–H groups in total. The van der Waals surface area contributed by atoms with Crippen LogP contribution in [-0.4, -0.2) is 30.3 Å². The van der Waals surface area contributed by atoms with Gasteiger partial charge in [-0.2, -0.15) is 0 Å². The van der Waals surface area contributed by atoms with E-state index in [4.69, 9.17) is 16.3 Å². The number of carbonyl (C=O) groups excluding carboxylic acids is 4. The van der Waals surface area contributed by atoms with Gasteiger partial charge in [0.25, 0.3) is 11.8 Å². The number of nitrogens with one attached hydrogen (secondary N) is 3. The summed E-state index contributed by atoms with van der Waals surface area (Å²) in [6, 6.07) is 9.93. The predicted octanol–water partition coefficient (Wildman–Crippen LogP) is 3.44. The largest absolute Gasteiger partial charge is 0.456 e. The van der Waals surface area contributed by atoms with Crippen LogP contribution in [0.1, 0.15) is 34.3 Å². The number of aryl methyl sites for hydroxylation is 2. The van der Waals surface area contributed by atoms with Gasteiger partial charge in [-0.3, -0.25) is 30.0 Å². The number of rotatable bonds is 7. The van der Waals surface area contributed by atoms with E-state index in [2.05, 4.69) is 32.1 Å². The van der Waals surface area contributed by atoms with Gasteiger partial charge in [0.15, 0.2) is 6.61 Å². The zero-order valence-electron chi connectivity index (χ0n) is 16.9. The van der Waals surface area contributed by atoms with Gasteiger partial charge >= 0.3 is 5.97 Å². The van der Waals surface area contributed by atoms with Crippen LogP contribution < -0.4 is 16.2 Å². The molecule has 2 aromatic carbocycles. The molecule has 0 aliphatic carbocycles. The molecule has 0 bridgehead atoms. The smallest absolute Gasteiger partial charge is 0.306 e. The van der Waals surface area contributed by atoms with Crippen molar-refractivity contribution in [3.8, 4) is 0 Å². The fraction of sp³-hybridized carbons (Fsp3) is 0.238. The fourth-order valence-electron chi connectivity index (χ4n) is 2.55. The van der Waals surface area contributed by atoms with Crippen molar-refractivity contribution in [3.05, 3.63) is 62.6 Å². The number of hydrogen-bond donors (Lipinski definition) is 3. The Balaban J connectivity index is 1.69. The molecule has 0 aliphatic heterocycles. The molecular weight excluding hydrogens is 490 g/mol. The maximum Gasteiger partial charge on any atom is 0.306 e. The van der Waals surface area contributed by atoms with Crippen LogP contribution in [0.4, 0.5) is 5.69 Å². The molecule has 0 saturated carbocycles. The molecule has 3 amide bonds. The molecule has 2 rings (SSSR count). The fourth-order valence-corrected chi connectivity index (χ4v) is 3.00. The third kappa shape index (κ3) is 7.69. The molecule has 0 spiro atoms. The first-order valence-electron chi connectivity index (χ1n) is 9.23. The first-order chi connectivity index (χ1) is 14.7. The van der Waals surface area contributed by atoms with Gasteiger partial charge in [-0.1, -0.05) is 39.7 Å². The number of ether oxygens (including phenoxy) is 1. The Morgan fingerprint density at radius 2 is 1.61 bits per heavy atom. The van der Waals surface area contributed by atoms with Crippen LogP contribution >= 0.6 is 27.5 Å². The summed E-state index contributed by atoms with van der Waals surface area (Å²) in [6.07, 6.45) is -0.480. The molecule has 0 heterocycles. The van der Waals surface area contributed by atoms with Crippen LogP contribution in [0.5, 0.6) is 0 Å². The second-order valence-corrected chi connectivity index (χ2v) is 7.82. The number of amides is 3. The lowest BCUT2D eigenvalue weighted by molar-refractivity contribution is -0.148. The molecule has 164 valence electrons. The number of benzene rings is 2. The Morgan fingerprint density at radius 1 is 0.968 bits per heavy atom. The Bertz CT molecular complexity index is 989. The number of halogens is 2. The Labute approximate surface area is 192 Å². The maximum atomic E-state index is 12.0. The average Bonchev–Trinajstić information content (AvgIpc) is 2.73. The highest BCUT2D eigenvalue weighted by Gasteiger charge is 2.13. The standard InChI is InChI=1S/C21H21BrClN3O5/c1-12-9-14(10-13(2)20(12)22)24-18(28)11-31-19(29)8-7-17(27)25-26-21(30)15-5-3-4-6-16(15)23/h3-6,9-10H,7-8,11H2,1-2H3,(H,24,28)(H,25,27)(H,26,30). The normalized spacial score (nSPS) is 10.2. The van der Waals surface area contributed by atoms with E-state index in [0.717, 1.165) is 15.6 Å². The van der Waals surface area contributed by atoms with Crippen LogP contribution in [0, 0.1) is 13.8 Å². The van der Waals surface area contributed by atoms with Gasteiger partial charge in [0, 0.05) is 16.6 Å². The highest BCUT2D eigenvalue weighted by molar-refractivity contribution is 9.10. The predicted molar refractivity (Wildman–Crippen MR) is 119 cm³/mol. The second-order valence-electron chi connectivity index (χ2n) is 6.62. The molecule has 31 heavy (non-hydrogen) atoms. The van der Waals surface area contributed by atoms with Crippen LogP contribution in [-0.2, 0) is 19.1 Å². The lowest BCUT2D eigenvalue weighted by Gasteiger charge is -2.10. The highest BCUT2D eigenvalue weighted by Crippen LogP contribution is 2.24. The second kappa shape index (κ2) is 11.5. The van der Waals surface area contributed by atoms with E-state index in [1.54, 1.807) is 30.3 Å². The minimum absolute atomic E-state index is 0.200. The Hall–Kier alpha value is -2.91. The summed E-state index contributed by atoms with van der Waals surface area (Å²) >= 11 is 9.35. The van der Waals surface area contributed by atoms with E-state index in [1.165, 1.54) is 6.07 Å². The summed E-state index contributed by atoms with van der Waals surface area (Å²) in [7, 11) is 0. The summed E-state index contributed by atoms with van der Waals surface area (Å²) in [6.45, 7) is 3.32. The maximum absolute atomic E-state index is 12.0. The van der Waals surface area contributed by atoms with Gasteiger partial charge in [-0.25, -0.2) is 0 Å². The zero-order chi connectivity index (χ0) is 23.0. The first-order valence-corrected chi connectivity index (χ1v) is 10.4. The first kappa shape index (κ1) is 24.4. The monoisotopic (exact) mass is 509 g/mol. The van der Waals surface area contributed by atoms with Crippen molar-refractivity contribution in [1.29, 1.82) is 0 Å². The Morgan fingerprint density at radius 3 is 2.26 bits per heavy atom. The van der Waals surface area contributed by atoms with Gasteiger partial charge in [0.1, 0.15) is 0 Å². The number of hydrogen-bond acceptors (Lipinski definition) is 5. The van der Waals surface area contributed by atoms with Crippen LogP contribution in [0.25, 0.3) is 0 Å². The number of hydrazine groups is 1. The lowest BCUT2D eigenvalue weighted by Crippen LogP contribution is -2.41. The van der Waals surface area contributed by atoms with E-state index in [1.807, 2.05) is 13.8 Å². The third-order valence-electron chi connectivity index (χ3n) is 4.07. The highest BCUT2D eigenvalue weighted by atomic mass is 79.9. The molecule has 0 radical (unpaired) electrons. The van der Waals surface area contributed by atoms with Gasteiger partial charge in [-0.05, 0) is 49.2 Å². The minimum atomic E-state index is -0.717. The summed E-state index contributed by atoms with van der Waals surface area (Å²) in [4.78, 5) is 47.5. The SMILES string of the molecule is Cc1cc(NC(=O)COC(=O)CCC(=O)NNC(=O)c2ccccc2Cl)cc(C)c1Br. The molecule has 0 aromatic heterocycles. The number of esters is 1. The van der Waals surface area contributed by atoms with Gasteiger partial charge in [-0.15, -0.1) is 0 Å². The lowest BCUT2D eigenvalue weighted by atomic mass is 10.1. The van der Waals surface area contributed by atoms with E-state index in [0.29, 0.717) is 5.69 Å². The zero-order valence-corrected chi connectivity index (χ0v) is 19.2. The molecule has 0 fully saturated rings. The molecule has 0 aliphatic rings. The quantitative estimate of drug-likeness (QED) is 0.390. The van der Waals surface area contributed by atoms with E-state index < -0.39 is 30.3 Å². The molecule has 0 unspecified atom stereocenters. The van der Waals surface area contributed by atoms with E-state index >= 15 is 0 Å². The van der Waals surface area contributed by atoms with Crippen LogP contribution in [0.2, 0.25) is 5.02 Å². The van der Waals surface area contributed by atoms with Crippen molar-refractivity contribution in [2.24, 2.45) is 0 Å². The molecule has 2 aromatic rings. The van der Waals surface area contributed by atoms with Crippen molar-refractivity contribution in [1.82, 2.24) is 10.9 Å². The Kier molecular flexibility index (Phi) is 9.02. The molecule has 0 saturated heterocycles.